The maximum absolute atomic E-state index is 12.8. The van der Waals surface area contributed by atoms with Gasteiger partial charge in [0.1, 0.15) is 5.82 Å². The first-order valence-corrected chi connectivity index (χ1v) is 6.85. The number of benzene rings is 1. The average molecular weight is 277 g/mol. The van der Waals surface area contributed by atoms with Crippen molar-refractivity contribution in [1.82, 2.24) is 4.98 Å². The third kappa shape index (κ3) is 2.07. The zero-order valence-electron chi connectivity index (χ0n) is 11.8. The Morgan fingerprint density at radius 2 is 2.00 bits per heavy atom. The third-order valence-electron chi connectivity index (χ3n) is 3.97. The predicted octanol–water partition coefficient (Wildman–Crippen LogP) is 2.80. The second-order valence-corrected chi connectivity index (χ2v) is 5.42. The van der Waals surface area contributed by atoms with Gasteiger partial charge < -0.3 is 0 Å². The molecule has 0 radical (unpaired) electrons. The number of rotatable bonds is 3. The van der Waals surface area contributed by atoms with Crippen LogP contribution in [0.4, 0.5) is 5.82 Å². The standard InChI is InChI=1S/C17H15N3O/c1-17(9-10-18)14-8-5-11-19-15(14)20(16(17)21)12-13-6-3-2-4-7-13/h2-8,11H,9,12H2,1H3. The van der Waals surface area contributed by atoms with Crippen LogP contribution in [0.3, 0.4) is 0 Å². The van der Waals surface area contributed by atoms with Crippen molar-refractivity contribution in [3.05, 3.63) is 59.8 Å². The van der Waals surface area contributed by atoms with Crippen LogP contribution in [-0.4, -0.2) is 10.9 Å². The Balaban J connectivity index is 2.03. The SMILES string of the molecule is CC1(CC#N)C(=O)N(Cc2ccccc2)c2ncccc21. The van der Waals surface area contributed by atoms with Crippen LogP contribution in [0.25, 0.3) is 0 Å². The van der Waals surface area contributed by atoms with Crippen LogP contribution in [0, 0.1) is 11.3 Å². The molecule has 0 saturated carbocycles. The summed E-state index contributed by atoms with van der Waals surface area (Å²) in [4.78, 5) is 18.9. The number of nitrogens with zero attached hydrogens (tertiary/aromatic N) is 3. The van der Waals surface area contributed by atoms with E-state index in [1.807, 2.05) is 49.4 Å². The summed E-state index contributed by atoms with van der Waals surface area (Å²) < 4.78 is 0. The molecular weight excluding hydrogens is 262 g/mol. The first kappa shape index (κ1) is 13.3. The van der Waals surface area contributed by atoms with Gasteiger partial charge in [-0.25, -0.2) is 4.98 Å². The minimum Gasteiger partial charge on any atom is -0.291 e. The number of nitriles is 1. The van der Waals surface area contributed by atoms with Gasteiger partial charge in [0.2, 0.25) is 5.91 Å². The van der Waals surface area contributed by atoms with E-state index in [0.717, 1.165) is 11.1 Å². The van der Waals surface area contributed by atoms with Gasteiger partial charge in [0.25, 0.3) is 0 Å². The predicted molar refractivity (Wildman–Crippen MR) is 79.5 cm³/mol. The Morgan fingerprint density at radius 3 is 2.71 bits per heavy atom. The average Bonchev–Trinajstić information content (AvgIpc) is 2.72. The molecule has 0 fully saturated rings. The zero-order chi connectivity index (χ0) is 14.9. The molecule has 0 saturated heterocycles. The fourth-order valence-corrected chi connectivity index (χ4v) is 2.79. The minimum atomic E-state index is -0.798. The smallest absolute Gasteiger partial charge is 0.240 e. The van der Waals surface area contributed by atoms with Crippen molar-refractivity contribution < 1.29 is 4.79 Å². The molecule has 1 aliphatic rings. The van der Waals surface area contributed by atoms with Crippen LogP contribution in [0.1, 0.15) is 24.5 Å². The second-order valence-electron chi connectivity index (χ2n) is 5.42. The van der Waals surface area contributed by atoms with Gasteiger partial charge in [0, 0.05) is 11.8 Å². The van der Waals surface area contributed by atoms with Crippen LogP contribution in [0.15, 0.2) is 48.7 Å². The minimum absolute atomic E-state index is 0.0541. The van der Waals surface area contributed by atoms with Crippen LogP contribution < -0.4 is 4.90 Å². The van der Waals surface area contributed by atoms with E-state index in [-0.39, 0.29) is 12.3 Å². The topological polar surface area (TPSA) is 57.0 Å². The van der Waals surface area contributed by atoms with Crippen LogP contribution in [0.5, 0.6) is 0 Å². The monoisotopic (exact) mass is 277 g/mol. The van der Waals surface area contributed by atoms with Gasteiger partial charge in [-0.05, 0) is 18.6 Å². The summed E-state index contributed by atoms with van der Waals surface area (Å²) in [5, 5.41) is 9.07. The first-order chi connectivity index (χ1) is 10.2. The summed E-state index contributed by atoms with van der Waals surface area (Å²) in [7, 11) is 0. The molecule has 104 valence electrons. The highest BCUT2D eigenvalue weighted by Crippen LogP contribution is 2.42. The van der Waals surface area contributed by atoms with E-state index in [0.29, 0.717) is 12.4 Å². The molecule has 21 heavy (non-hydrogen) atoms. The quantitative estimate of drug-likeness (QED) is 0.866. The van der Waals surface area contributed by atoms with Crippen molar-refractivity contribution >= 4 is 11.7 Å². The molecule has 3 rings (SSSR count). The van der Waals surface area contributed by atoms with Crippen LogP contribution >= 0.6 is 0 Å². The number of carbonyl (C=O) groups is 1. The summed E-state index contributed by atoms with van der Waals surface area (Å²) in [5.74, 6) is 0.616. The largest absolute Gasteiger partial charge is 0.291 e. The lowest BCUT2D eigenvalue weighted by atomic mass is 9.82. The fraction of sp³-hybridized carbons (Fsp3) is 0.235. The normalized spacial score (nSPS) is 20.2. The number of fused-ring (bicyclic) bond motifs is 1. The fourth-order valence-electron chi connectivity index (χ4n) is 2.79. The molecule has 1 amide bonds. The third-order valence-corrected chi connectivity index (χ3v) is 3.97. The molecule has 1 aromatic carbocycles. The highest BCUT2D eigenvalue weighted by atomic mass is 16.2. The lowest BCUT2D eigenvalue weighted by Gasteiger charge is -2.21. The Kier molecular flexibility index (Phi) is 3.19. The summed E-state index contributed by atoms with van der Waals surface area (Å²) in [6.45, 7) is 2.30. The van der Waals surface area contributed by atoms with Crippen molar-refractivity contribution in [2.24, 2.45) is 0 Å². The van der Waals surface area contributed by atoms with Gasteiger partial charge in [0.15, 0.2) is 0 Å². The molecule has 2 heterocycles. The number of anilines is 1. The van der Waals surface area contributed by atoms with E-state index in [1.165, 1.54) is 0 Å². The Labute approximate surface area is 123 Å². The molecule has 1 atom stereocenters. The number of carbonyl (C=O) groups excluding carboxylic acids is 1. The van der Waals surface area contributed by atoms with Gasteiger partial charge in [-0.1, -0.05) is 36.4 Å². The van der Waals surface area contributed by atoms with Gasteiger partial charge in [-0.3, -0.25) is 9.69 Å². The molecule has 4 heteroatoms. The molecule has 0 spiro atoms. The molecular formula is C17H15N3O. The van der Waals surface area contributed by atoms with Crippen molar-refractivity contribution in [2.75, 3.05) is 4.90 Å². The summed E-state index contributed by atoms with van der Waals surface area (Å²) >= 11 is 0. The molecule has 0 aliphatic carbocycles. The Morgan fingerprint density at radius 1 is 1.24 bits per heavy atom. The Bertz CT molecular complexity index is 720. The van der Waals surface area contributed by atoms with Gasteiger partial charge in [0.05, 0.1) is 24.4 Å². The maximum Gasteiger partial charge on any atom is 0.240 e. The highest BCUT2D eigenvalue weighted by Gasteiger charge is 2.48. The van der Waals surface area contributed by atoms with Crippen molar-refractivity contribution in [1.29, 1.82) is 5.26 Å². The van der Waals surface area contributed by atoms with Gasteiger partial charge >= 0.3 is 0 Å². The number of hydrogen-bond donors (Lipinski definition) is 0. The lowest BCUT2D eigenvalue weighted by Crippen LogP contribution is -2.37. The zero-order valence-corrected chi connectivity index (χ0v) is 11.8. The molecule has 1 unspecified atom stereocenters. The van der Waals surface area contributed by atoms with E-state index in [4.69, 9.17) is 5.26 Å². The van der Waals surface area contributed by atoms with Crippen molar-refractivity contribution in [3.63, 3.8) is 0 Å². The summed E-state index contributed by atoms with van der Waals surface area (Å²) in [6, 6.07) is 15.6. The number of aromatic nitrogens is 1. The summed E-state index contributed by atoms with van der Waals surface area (Å²) in [5.41, 5.74) is 1.09. The first-order valence-electron chi connectivity index (χ1n) is 6.85. The molecule has 4 nitrogen and oxygen atoms in total. The molecule has 0 N–H and O–H groups in total. The van der Waals surface area contributed by atoms with E-state index in [9.17, 15) is 4.79 Å². The molecule has 1 aromatic heterocycles. The van der Waals surface area contributed by atoms with Gasteiger partial charge in [-0.2, -0.15) is 5.26 Å². The second kappa shape index (κ2) is 5.02. The molecule has 1 aliphatic heterocycles. The van der Waals surface area contributed by atoms with E-state index in [2.05, 4.69) is 11.1 Å². The number of pyridine rings is 1. The lowest BCUT2D eigenvalue weighted by molar-refractivity contribution is -0.122. The van der Waals surface area contributed by atoms with Crippen molar-refractivity contribution in [2.45, 2.75) is 25.3 Å². The van der Waals surface area contributed by atoms with Gasteiger partial charge in [-0.15, -0.1) is 0 Å². The molecule has 0 bridgehead atoms. The number of hydrogen-bond acceptors (Lipinski definition) is 3. The highest BCUT2D eigenvalue weighted by molar-refractivity contribution is 6.06. The summed E-state index contributed by atoms with van der Waals surface area (Å²) in [6.07, 6.45) is 1.85. The van der Waals surface area contributed by atoms with Crippen molar-refractivity contribution in [3.8, 4) is 6.07 Å². The van der Waals surface area contributed by atoms with E-state index < -0.39 is 5.41 Å². The van der Waals surface area contributed by atoms with Crippen LogP contribution in [-0.2, 0) is 16.8 Å². The van der Waals surface area contributed by atoms with E-state index in [1.54, 1.807) is 11.1 Å². The number of amides is 1. The van der Waals surface area contributed by atoms with Crippen LogP contribution in [0.2, 0.25) is 0 Å². The maximum atomic E-state index is 12.8. The molecule has 2 aromatic rings. The Hall–Kier alpha value is -2.67. The van der Waals surface area contributed by atoms with E-state index >= 15 is 0 Å².